The molecule has 0 atom stereocenters. The van der Waals surface area contributed by atoms with Crippen molar-refractivity contribution in [3.8, 4) is 0 Å². The fourth-order valence-corrected chi connectivity index (χ4v) is 2.10. The van der Waals surface area contributed by atoms with Crippen LogP contribution in [0.4, 0.5) is 0 Å². The predicted octanol–water partition coefficient (Wildman–Crippen LogP) is 2.39. The van der Waals surface area contributed by atoms with Crippen LogP contribution in [0, 0.1) is 6.92 Å². The van der Waals surface area contributed by atoms with E-state index in [9.17, 15) is 0 Å². The first-order chi connectivity index (χ1) is 8.20. The molecule has 0 spiro atoms. The molecule has 1 heterocycles. The lowest BCUT2D eigenvalue weighted by molar-refractivity contribution is 0.716. The quantitative estimate of drug-likeness (QED) is 0.904. The van der Waals surface area contributed by atoms with Gasteiger partial charge in [0.25, 0.3) is 0 Å². The fourth-order valence-electron chi connectivity index (χ4n) is 1.81. The summed E-state index contributed by atoms with van der Waals surface area (Å²) in [5, 5.41) is 0.803. The Morgan fingerprint density at radius 1 is 1.41 bits per heavy atom. The maximum Gasteiger partial charge on any atom is 0.110 e. The number of nitrogens with two attached hydrogens (primary N) is 1. The number of aromatic nitrogens is 2. The minimum atomic E-state index is 0.610. The summed E-state index contributed by atoms with van der Waals surface area (Å²) in [6.07, 6.45) is 4.55. The van der Waals surface area contributed by atoms with Crippen LogP contribution in [0.25, 0.3) is 0 Å². The molecular formula is C13H16ClN3. The van der Waals surface area contributed by atoms with E-state index in [4.69, 9.17) is 17.3 Å². The summed E-state index contributed by atoms with van der Waals surface area (Å²) in [5.74, 6) is 1.00. The summed E-state index contributed by atoms with van der Waals surface area (Å²) < 4.78 is 2.09. The molecule has 17 heavy (non-hydrogen) atoms. The third-order valence-electron chi connectivity index (χ3n) is 2.72. The van der Waals surface area contributed by atoms with Crippen LogP contribution in [0.3, 0.4) is 0 Å². The van der Waals surface area contributed by atoms with Gasteiger partial charge in [0.1, 0.15) is 5.82 Å². The zero-order valence-corrected chi connectivity index (χ0v) is 10.6. The molecule has 2 N–H and O–H groups in total. The van der Waals surface area contributed by atoms with Crippen LogP contribution in [-0.2, 0) is 13.0 Å². The third-order valence-corrected chi connectivity index (χ3v) is 3.07. The molecule has 4 heteroatoms. The Kier molecular flexibility index (Phi) is 3.82. The van der Waals surface area contributed by atoms with Gasteiger partial charge in [-0.3, -0.25) is 0 Å². The lowest BCUT2D eigenvalue weighted by Crippen LogP contribution is -2.10. The number of halogens is 1. The van der Waals surface area contributed by atoms with Crippen LogP contribution < -0.4 is 5.73 Å². The minimum absolute atomic E-state index is 0.610. The Morgan fingerprint density at radius 2 is 2.24 bits per heavy atom. The largest absolute Gasteiger partial charge is 0.330 e. The second-order valence-corrected chi connectivity index (χ2v) is 4.51. The van der Waals surface area contributed by atoms with E-state index < -0.39 is 0 Å². The van der Waals surface area contributed by atoms with E-state index in [1.165, 1.54) is 5.56 Å². The monoisotopic (exact) mass is 249 g/mol. The average molecular weight is 250 g/mol. The van der Waals surface area contributed by atoms with E-state index in [1.807, 2.05) is 19.2 Å². The molecular weight excluding hydrogens is 234 g/mol. The highest BCUT2D eigenvalue weighted by atomic mass is 35.5. The van der Waals surface area contributed by atoms with Crippen LogP contribution in [0.15, 0.2) is 30.6 Å². The maximum atomic E-state index is 6.22. The smallest absolute Gasteiger partial charge is 0.110 e. The first kappa shape index (κ1) is 12.1. The van der Waals surface area contributed by atoms with Gasteiger partial charge < -0.3 is 10.3 Å². The molecule has 0 unspecified atom stereocenters. The van der Waals surface area contributed by atoms with Crippen molar-refractivity contribution < 1.29 is 0 Å². The Hall–Kier alpha value is -1.32. The van der Waals surface area contributed by atoms with Gasteiger partial charge in [0.2, 0.25) is 0 Å². The van der Waals surface area contributed by atoms with E-state index in [1.54, 1.807) is 6.20 Å². The number of rotatable bonds is 4. The van der Waals surface area contributed by atoms with Gasteiger partial charge in [-0.15, -0.1) is 0 Å². The molecule has 1 aromatic carbocycles. The Balaban J connectivity index is 2.22. The molecule has 0 aliphatic carbocycles. The van der Waals surface area contributed by atoms with E-state index in [2.05, 4.69) is 21.7 Å². The molecule has 90 valence electrons. The van der Waals surface area contributed by atoms with Gasteiger partial charge in [-0.05, 0) is 30.7 Å². The predicted molar refractivity (Wildman–Crippen MR) is 70.3 cm³/mol. The highest BCUT2D eigenvalue weighted by Gasteiger charge is 2.05. The molecule has 3 nitrogen and oxygen atoms in total. The Bertz CT molecular complexity index is 505. The van der Waals surface area contributed by atoms with Crippen LogP contribution >= 0.6 is 11.6 Å². The zero-order chi connectivity index (χ0) is 12.3. The van der Waals surface area contributed by atoms with Crippen LogP contribution in [0.2, 0.25) is 5.02 Å². The lowest BCUT2D eigenvalue weighted by Gasteiger charge is -2.09. The van der Waals surface area contributed by atoms with Crippen molar-refractivity contribution in [3.05, 3.63) is 52.6 Å². The molecule has 0 amide bonds. The maximum absolute atomic E-state index is 6.22. The third kappa shape index (κ3) is 2.87. The summed E-state index contributed by atoms with van der Waals surface area (Å²) in [6.45, 7) is 3.39. The van der Waals surface area contributed by atoms with Gasteiger partial charge in [0.05, 0.1) is 6.54 Å². The number of aryl methyl sites for hydroxylation is 1. The molecule has 0 aliphatic heterocycles. The number of hydrogen-bond acceptors (Lipinski definition) is 2. The normalized spacial score (nSPS) is 10.8. The molecule has 0 saturated heterocycles. The van der Waals surface area contributed by atoms with Crippen molar-refractivity contribution >= 4 is 11.6 Å². The zero-order valence-electron chi connectivity index (χ0n) is 9.86. The lowest BCUT2D eigenvalue weighted by atomic mass is 10.1. The van der Waals surface area contributed by atoms with Crippen molar-refractivity contribution in [1.29, 1.82) is 0 Å². The van der Waals surface area contributed by atoms with Crippen molar-refractivity contribution in [2.24, 2.45) is 5.73 Å². The van der Waals surface area contributed by atoms with E-state index in [0.29, 0.717) is 6.54 Å². The minimum Gasteiger partial charge on any atom is -0.330 e. The molecule has 2 aromatic rings. The second kappa shape index (κ2) is 5.34. The van der Waals surface area contributed by atoms with Crippen molar-refractivity contribution in [1.82, 2.24) is 9.55 Å². The Labute approximate surface area is 106 Å². The molecule has 0 bridgehead atoms. The van der Waals surface area contributed by atoms with Crippen LogP contribution in [0.1, 0.15) is 17.0 Å². The van der Waals surface area contributed by atoms with Gasteiger partial charge in [-0.2, -0.15) is 0 Å². The highest BCUT2D eigenvalue weighted by molar-refractivity contribution is 6.31. The van der Waals surface area contributed by atoms with Gasteiger partial charge in [-0.1, -0.05) is 23.7 Å². The number of nitrogens with zero attached hydrogens (tertiary/aromatic N) is 2. The Morgan fingerprint density at radius 3 is 2.94 bits per heavy atom. The SMILES string of the molecule is Cc1ccc(Cn2ccnc2CCN)c(Cl)c1. The fraction of sp³-hybridized carbons (Fsp3) is 0.308. The summed E-state index contributed by atoms with van der Waals surface area (Å²) in [4.78, 5) is 4.29. The van der Waals surface area contributed by atoms with E-state index >= 15 is 0 Å². The molecule has 0 saturated carbocycles. The highest BCUT2D eigenvalue weighted by Crippen LogP contribution is 2.19. The summed E-state index contributed by atoms with van der Waals surface area (Å²) in [5.41, 5.74) is 7.83. The number of benzene rings is 1. The first-order valence-corrected chi connectivity index (χ1v) is 6.03. The van der Waals surface area contributed by atoms with Crippen molar-refractivity contribution in [2.45, 2.75) is 19.9 Å². The summed E-state index contributed by atoms with van der Waals surface area (Å²) >= 11 is 6.22. The van der Waals surface area contributed by atoms with Crippen molar-refractivity contribution in [2.75, 3.05) is 6.54 Å². The molecule has 1 aromatic heterocycles. The summed E-state index contributed by atoms with van der Waals surface area (Å²) in [6, 6.07) is 6.11. The van der Waals surface area contributed by atoms with E-state index in [0.717, 1.165) is 29.4 Å². The molecule has 2 rings (SSSR count). The first-order valence-electron chi connectivity index (χ1n) is 5.66. The number of imidazole rings is 1. The van der Waals surface area contributed by atoms with Gasteiger partial charge in [-0.25, -0.2) is 4.98 Å². The molecule has 0 fully saturated rings. The van der Waals surface area contributed by atoms with Crippen LogP contribution in [0.5, 0.6) is 0 Å². The van der Waals surface area contributed by atoms with Gasteiger partial charge in [0, 0.05) is 23.8 Å². The average Bonchev–Trinajstić information content (AvgIpc) is 2.71. The number of hydrogen-bond donors (Lipinski definition) is 1. The summed E-state index contributed by atoms with van der Waals surface area (Å²) in [7, 11) is 0. The standard InChI is InChI=1S/C13H16ClN3/c1-10-2-3-11(12(14)8-10)9-17-7-6-16-13(17)4-5-15/h2-3,6-8H,4-5,9,15H2,1H3. The van der Waals surface area contributed by atoms with E-state index in [-0.39, 0.29) is 0 Å². The topological polar surface area (TPSA) is 43.8 Å². The van der Waals surface area contributed by atoms with Gasteiger partial charge in [0.15, 0.2) is 0 Å². The van der Waals surface area contributed by atoms with Crippen LogP contribution in [-0.4, -0.2) is 16.1 Å². The molecule has 0 radical (unpaired) electrons. The molecule has 0 aliphatic rings. The van der Waals surface area contributed by atoms with Crippen molar-refractivity contribution in [3.63, 3.8) is 0 Å². The van der Waals surface area contributed by atoms with Gasteiger partial charge >= 0.3 is 0 Å². The second-order valence-electron chi connectivity index (χ2n) is 4.10.